The molecule has 0 fully saturated rings. The average molecular weight is 592 g/mol. The van der Waals surface area contributed by atoms with Crippen LogP contribution in [0.15, 0.2) is 95.3 Å². The maximum atomic E-state index is 13.8. The second kappa shape index (κ2) is 11.6. The quantitative estimate of drug-likeness (QED) is 0.288. The number of benzene rings is 3. The number of methoxy groups -OCH3 is 1. The van der Waals surface area contributed by atoms with Crippen LogP contribution < -0.4 is 19.5 Å². The number of Topliss-reactive ketones (excluding diaryl/α,β-unsaturated/α-hetero) is 2. The first kappa shape index (κ1) is 29.7. The van der Waals surface area contributed by atoms with E-state index in [1.807, 2.05) is 72.8 Å². The number of nitrogens with one attached hydrogen (secondary N) is 1. The fourth-order valence-corrected chi connectivity index (χ4v) is 6.87. The predicted octanol–water partition coefficient (Wildman–Crippen LogP) is 7.83. The number of ether oxygens (including phenoxy) is 3. The van der Waals surface area contributed by atoms with Gasteiger partial charge in [-0.2, -0.15) is 0 Å². The average Bonchev–Trinajstić information content (AvgIpc) is 2.97. The number of hydrogen-bond donors (Lipinski definition) is 1. The van der Waals surface area contributed by atoms with Crippen LogP contribution >= 0.6 is 0 Å². The van der Waals surface area contributed by atoms with E-state index < -0.39 is 5.92 Å². The molecule has 0 atom stereocenters. The van der Waals surface area contributed by atoms with E-state index >= 15 is 0 Å². The van der Waals surface area contributed by atoms with Gasteiger partial charge in [-0.3, -0.25) is 9.59 Å². The zero-order chi connectivity index (χ0) is 31.1. The van der Waals surface area contributed by atoms with Crippen molar-refractivity contribution < 1.29 is 23.8 Å². The van der Waals surface area contributed by atoms with E-state index in [1.165, 1.54) is 0 Å². The second-order valence-electron chi connectivity index (χ2n) is 13.8. The van der Waals surface area contributed by atoms with Gasteiger partial charge in [-0.15, -0.1) is 0 Å². The molecule has 3 aromatic rings. The number of carbonyl (C=O) groups is 2. The van der Waals surface area contributed by atoms with Gasteiger partial charge < -0.3 is 19.5 Å². The van der Waals surface area contributed by atoms with Gasteiger partial charge in [0, 0.05) is 46.9 Å². The van der Waals surface area contributed by atoms with Crippen molar-refractivity contribution in [3.8, 4) is 17.2 Å². The minimum absolute atomic E-state index is 0.101. The van der Waals surface area contributed by atoms with Gasteiger partial charge in [-0.05, 0) is 53.0 Å². The summed E-state index contributed by atoms with van der Waals surface area (Å²) in [5, 5.41) is 3.60. The lowest BCUT2D eigenvalue weighted by atomic mass is 9.64. The fourth-order valence-electron chi connectivity index (χ4n) is 6.87. The smallest absolute Gasteiger partial charge is 0.162 e. The Morgan fingerprint density at radius 2 is 1.23 bits per heavy atom. The van der Waals surface area contributed by atoms with Crippen LogP contribution in [0.4, 0.5) is 0 Å². The number of allylic oxidation sites excluding steroid dienone is 4. The molecule has 44 heavy (non-hydrogen) atoms. The first-order valence-electron chi connectivity index (χ1n) is 15.4. The SMILES string of the molecule is COc1cc(COc2ccccc2C2C3=C(CC(C)(C)CC3=O)NC3=C2C(=O)CC(C)(C)C3)ccc1OCc1ccccc1. The minimum atomic E-state index is -0.451. The molecule has 1 heterocycles. The van der Waals surface area contributed by atoms with Gasteiger partial charge in [0.1, 0.15) is 19.0 Å². The van der Waals surface area contributed by atoms with Crippen LogP contribution in [-0.4, -0.2) is 18.7 Å². The molecule has 1 aliphatic heterocycles. The molecule has 3 aliphatic rings. The van der Waals surface area contributed by atoms with Gasteiger partial charge in [0.15, 0.2) is 23.1 Å². The molecule has 0 bridgehead atoms. The number of ketones is 2. The van der Waals surface area contributed by atoms with Gasteiger partial charge >= 0.3 is 0 Å². The van der Waals surface area contributed by atoms with Gasteiger partial charge in [0.25, 0.3) is 0 Å². The lowest BCUT2D eigenvalue weighted by Gasteiger charge is -2.44. The van der Waals surface area contributed by atoms with Crippen LogP contribution in [0.1, 0.15) is 76.0 Å². The summed E-state index contributed by atoms with van der Waals surface area (Å²) in [6.45, 7) is 9.27. The molecule has 0 unspecified atom stereocenters. The Bertz CT molecular complexity index is 1610. The normalized spacial score (nSPS) is 19.2. The zero-order valence-electron chi connectivity index (χ0n) is 26.3. The molecular formula is C38H41NO5. The molecule has 6 heteroatoms. The highest BCUT2D eigenvalue weighted by Crippen LogP contribution is 2.52. The Labute approximate surface area is 260 Å². The number of carbonyl (C=O) groups excluding carboxylic acids is 2. The molecule has 6 rings (SSSR count). The minimum Gasteiger partial charge on any atom is -0.493 e. The molecule has 0 aromatic heterocycles. The third-order valence-electron chi connectivity index (χ3n) is 8.81. The Kier molecular flexibility index (Phi) is 7.87. The van der Waals surface area contributed by atoms with Gasteiger partial charge in [0.2, 0.25) is 0 Å². The summed E-state index contributed by atoms with van der Waals surface area (Å²) in [6.07, 6.45) is 2.43. The number of dihydropyridines is 1. The predicted molar refractivity (Wildman–Crippen MR) is 171 cm³/mol. The largest absolute Gasteiger partial charge is 0.493 e. The van der Waals surface area contributed by atoms with Crippen molar-refractivity contribution in [1.29, 1.82) is 0 Å². The zero-order valence-corrected chi connectivity index (χ0v) is 26.3. The third kappa shape index (κ3) is 6.03. The van der Waals surface area contributed by atoms with Crippen LogP contribution in [0, 0.1) is 10.8 Å². The van der Waals surface area contributed by atoms with Crippen molar-refractivity contribution in [1.82, 2.24) is 5.32 Å². The Morgan fingerprint density at radius 3 is 1.86 bits per heavy atom. The van der Waals surface area contributed by atoms with Crippen LogP contribution in [0.25, 0.3) is 0 Å². The molecular weight excluding hydrogens is 550 g/mol. The van der Waals surface area contributed by atoms with Crippen LogP contribution in [0.3, 0.4) is 0 Å². The molecule has 0 radical (unpaired) electrons. The van der Waals surface area contributed by atoms with Crippen molar-refractivity contribution in [2.24, 2.45) is 10.8 Å². The summed E-state index contributed by atoms with van der Waals surface area (Å²) in [5.74, 6) is 1.70. The highest BCUT2D eigenvalue weighted by Gasteiger charge is 2.47. The summed E-state index contributed by atoms with van der Waals surface area (Å²) in [7, 11) is 1.63. The first-order chi connectivity index (χ1) is 21.0. The molecule has 0 spiro atoms. The lowest BCUT2D eigenvalue weighted by molar-refractivity contribution is -0.119. The summed E-state index contributed by atoms with van der Waals surface area (Å²) in [6, 6.07) is 23.6. The molecule has 3 aromatic carbocycles. The van der Waals surface area contributed by atoms with E-state index in [0.29, 0.717) is 47.8 Å². The van der Waals surface area contributed by atoms with Crippen molar-refractivity contribution in [2.45, 2.75) is 72.5 Å². The molecule has 228 valence electrons. The van der Waals surface area contributed by atoms with E-state index in [0.717, 1.165) is 40.9 Å². The standard InChI is InChI=1S/C38H41NO5/c1-37(2)18-27-35(29(40)20-37)34(36-28(39-27)19-38(3,4)21-30(36)41)26-13-9-10-14-31(26)43-23-25-15-16-32(33(17-25)42-5)44-22-24-11-7-6-8-12-24/h6-17,34,39H,18-23H2,1-5H3. The summed E-state index contributed by atoms with van der Waals surface area (Å²) in [5.41, 5.74) is 5.88. The third-order valence-corrected chi connectivity index (χ3v) is 8.81. The molecule has 1 N–H and O–H groups in total. The summed E-state index contributed by atoms with van der Waals surface area (Å²) < 4.78 is 18.2. The topological polar surface area (TPSA) is 73.9 Å². The summed E-state index contributed by atoms with van der Waals surface area (Å²) >= 11 is 0. The molecule has 2 aliphatic carbocycles. The second-order valence-corrected chi connectivity index (χ2v) is 13.8. The lowest BCUT2D eigenvalue weighted by Crippen LogP contribution is -2.42. The Morgan fingerprint density at radius 1 is 0.659 bits per heavy atom. The maximum Gasteiger partial charge on any atom is 0.162 e. The van der Waals surface area contributed by atoms with E-state index in [-0.39, 0.29) is 29.0 Å². The van der Waals surface area contributed by atoms with Crippen LogP contribution in [-0.2, 0) is 22.8 Å². The monoisotopic (exact) mass is 591 g/mol. The number of rotatable bonds is 8. The van der Waals surface area contributed by atoms with E-state index in [4.69, 9.17) is 14.2 Å². The van der Waals surface area contributed by atoms with Crippen molar-refractivity contribution in [3.05, 3.63) is 112 Å². The first-order valence-corrected chi connectivity index (χ1v) is 15.4. The highest BCUT2D eigenvalue weighted by atomic mass is 16.5. The number of para-hydroxylation sites is 1. The highest BCUT2D eigenvalue weighted by molar-refractivity contribution is 6.07. The van der Waals surface area contributed by atoms with Gasteiger partial charge in [-0.1, -0.05) is 82.3 Å². The van der Waals surface area contributed by atoms with Crippen LogP contribution in [0.5, 0.6) is 17.2 Å². The van der Waals surface area contributed by atoms with Gasteiger partial charge in [-0.25, -0.2) is 0 Å². The molecule has 0 saturated carbocycles. The summed E-state index contributed by atoms with van der Waals surface area (Å²) in [4.78, 5) is 27.6. The number of hydrogen-bond acceptors (Lipinski definition) is 6. The van der Waals surface area contributed by atoms with Crippen molar-refractivity contribution in [3.63, 3.8) is 0 Å². The van der Waals surface area contributed by atoms with Gasteiger partial charge in [0.05, 0.1) is 7.11 Å². The van der Waals surface area contributed by atoms with Crippen molar-refractivity contribution >= 4 is 11.6 Å². The van der Waals surface area contributed by atoms with Crippen molar-refractivity contribution in [2.75, 3.05) is 7.11 Å². The molecule has 0 amide bonds. The molecule has 6 nitrogen and oxygen atoms in total. The van der Waals surface area contributed by atoms with E-state index in [9.17, 15) is 9.59 Å². The Balaban J connectivity index is 1.30. The molecule has 0 saturated heterocycles. The van der Waals surface area contributed by atoms with E-state index in [2.05, 4.69) is 33.0 Å². The maximum absolute atomic E-state index is 13.8. The fraction of sp³-hybridized carbons (Fsp3) is 0.368. The Hall–Kier alpha value is -4.32. The van der Waals surface area contributed by atoms with Crippen LogP contribution in [0.2, 0.25) is 0 Å². The van der Waals surface area contributed by atoms with E-state index in [1.54, 1.807) is 7.11 Å².